The topological polar surface area (TPSA) is 46.3 Å². The highest BCUT2D eigenvalue weighted by Gasteiger charge is 2.36. The van der Waals surface area contributed by atoms with Crippen LogP contribution in [0.1, 0.15) is 52.0 Å². The van der Waals surface area contributed by atoms with Gasteiger partial charge < -0.3 is 10.6 Å². The molecular weight excluding hydrogens is 260 g/mol. The van der Waals surface area contributed by atoms with Crippen molar-refractivity contribution in [2.24, 2.45) is 5.73 Å². The maximum Gasteiger partial charge on any atom is 0.232 e. The molecular formula is C18H28N2O. The first-order chi connectivity index (χ1) is 9.96. The summed E-state index contributed by atoms with van der Waals surface area (Å²) in [6, 6.07) is 10.7. The molecule has 0 aromatic heterocycles. The van der Waals surface area contributed by atoms with Gasteiger partial charge in [-0.1, -0.05) is 30.3 Å². The van der Waals surface area contributed by atoms with Gasteiger partial charge in [-0.15, -0.1) is 0 Å². The van der Waals surface area contributed by atoms with Gasteiger partial charge in [-0.2, -0.15) is 0 Å². The number of carbonyl (C=O) groups excluding carboxylic acids is 1. The van der Waals surface area contributed by atoms with E-state index >= 15 is 0 Å². The fourth-order valence-electron chi connectivity index (χ4n) is 3.32. The zero-order valence-corrected chi connectivity index (χ0v) is 13.5. The standard InChI is InChI=1S/C18H28N2O/c1-4-20(16-12-10-15(19)11-13-16)17(21)18(2,3)14-8-6-5-7-9-14/h5-9,15-16H,4,10-13,19H2,1-3H3. The van der Waals surface area contributed by atoms with Crippen molar-refractivity contribution >= 4 is 5.91 Å². The summed E-state index contributed by atoms with van der Waals surface area (Å²) >= 11 is 0. The molecule has 3 nitrogen and oxygen atoms in total. The largest absolute Gasteiger partial charge is 0.339 e. The van der Waals surface area contributed by atoms with E-state index < -0.39 is 5.41 Å². The molecule has 116 valence electrons. The Morgan fingerprint density at radius 3 is 2.29 bits per heavy atom. The first-order valence-corrected chi connectivity index (χ1v) is 8.09. The molecule has 0 unspecified atom stereocenters. The number of hydrogen-bond acceptors (Lipinski definition) is 2. The van der Waals surface area contributed by atoms with Gasteiger partial charge in [0, 0.05) is 18.6 Å². The smallest absolute Gasteiger partial charge is 0.232 e. The Labute approximate surface area is 128 Å². The Balaban J connectivity index is 2.16. The van der Waals surface area contributed by atoms with Crippen molar-refractivity contribution in [3.63, 3.8) is 0 Å². The zero-order valence-electron chi connectivity index (χ0n) is 13.5. The van der Waals surface area contributed by atoms with Crippen LogP contribution in [0.25, 0.3) is 0 Å². The summed E-state index contributed by atoms with van der Waals surface area (Å²) in [5.41, 5.74) is 6.60. The minimum absolute atomic E-state index is 0.233. The molecule has 1 aliphatic carbocycles. The molecule has 0 heterocycles. The van der Waals surface area contributed by atoms with Crippen molar-refractivity contribution in [2.75, 3.05) is 6.54 Å². The van der Waals surface area contributed by atoms with Crippen molar-refractivity contribution in [1.82, 2.24) is 4.90 Å². The van der Waals surface area contributed by atoms with Gasteiger partial charge >= 0.3 is 0 Å². The van der Waals surface area contributed by atoms with Crippen LogP contribution in [-0.2, 0) is 10.2 Å². The fraction of sp³-hybridized carbons (Fsp3) is 0.611. The van der Waals surface area contributed by atoms with Crippen LogP contribution in [0, 0.1) is 0 Å². The lowest BCUT2D eigenvalue weighted by Gasteiger charge is -2.39. The van der Waals surface area contributed by atoms with Crippen LogP contribution in [0.15, 0.2) is 30.3 Å². The molecule has 1 aromatic carbocycles. The number of benzene rings is 1. The highest BCUT2D eigenvalue weighted by Crippen LogP contribution is 2.29. The van der Waals surface area contributed by atoms with E-state index in [1.165, 1.54) is 0 Å². The normalized spacial score (nSPS) is 22.9. The van der Waals surface area contributed by atoms with Gasteiger partial charge in [0.15, 0.2) is 0 Å². The summed E-state index contributed by atoms with van der Waals surface area (Å²) < 4.78 is 0. The number of amides is 1. The van der Waals surface area contributed by atoms with E-state index in [2.05, 4.69) is 11.8 Å². The Kier molecular flexibility index (Phi) is 5.04. The Bertz CT molecular complexity index is 461. The lowest BCUT2D eigenvalue weighted by Crippen LogP contribution is -2.50. The summed E-state index contributed by atoms with van der Waals surface area (Å²) in [6.45, 7) is 6.91. The minimum atomic E-state index is -0.475. The van der Waals surface area contributed by atoms with E-state index in [1.54, 1.807) is 0 Å². The number of nitrogens with zero attached hydrogens (tertiary/aromatic N) is 1. The second kappa shape index (κ2) is 6.61. The second-order valence-electron chi connectivity index (χ2n) is 6.65. The first kappa shape index (κ1) is 16.0. The average molecular weight is 288 g/mol. The molecule has 1 aliphatic rings. The number of likely N-dealkylation sites (N-methyl/N-ethyl adjacent to an activating group) is 1. The summed E-state index contributed by atoms with van der Waals surface area (Å²) in [6.07, 6.45) is 4.12. The van der Waals surface area contributed by atoms with Crippen LogP contribution in [0.3, 0.4) is 0 Å². The Morgan fingerprint density at radius 2 is 1.76 bits per heavy atom. The van der Waals surface area contributed by atoms with E-state index in [4.69, 9.17) is 5.73 Å². The van der Waals surface area contributed by atoms with E-state index in [0.717, 1.165) is 37.8 Å². The van der Waals surface area contributed by atoms with Crippen LogP contribution >= 0.6 is 0 Å². The monoisotopic (exact) mass is 288 g/mol. The molecule has 0 atom stereocenters. The molecule has 0 radical (unpaired) electrons. The van der Waals surface area contributed by atoms with Gasteiger partial charge in [0.25, 0.3) is 0 Å². The molecule has 0 aliphatic heterocycles. The average Bonchev–Trinajstić information content (AvgIpc) is 2.50. The van der Waals surface area contributed by atoms with Crippen molar-refractivity contribution in [1.29, 1.82) is 0 Å². The summed E-state index contributed by atoms with van der Waals surface area (Å²) in [4.78, 5) is 15.1. The second-order valence-corrected chi connectivity index (χ2v) is 6.65. The third kappa shape index (κ3) is 3.46. The Morgan fingerprint density at radius 1 is 1.19 bits per heavy atom. The molecule has 0 bridgehead atoms. The lowest BCUT2D eigenvalue weighted by atomic mass is 9.81. The Hall–Kier alpha value is -1.35. The number of rotatable bonds is 4. The van der Waals surface area contributed by atoms with Crippen molar-refractivity contribution in [2.45, 2.75) is 64.0 Å². The van der Waals surface area contributed by atoms with E-state index in [-0.39, 0.29) is 5.91 Å². The van der Waals surface area contributed by atoms with Gasteiger partial charge in [0.2, 0.25) is 5.91 Å². The van der Waals surface area contributed by atoms with Crippen molar-refractivity contribution in [3.8, 4) is 0 Å². The first-order valence-electron chi connectivity index (χ1n) is 8.09. The molecule has 1 aromatic rings. The third-order valence-electron chi connectivity index (χ3n) is 4.81. The molecule has 1 fully saturated rings. The van der Waals surface area contributed by atoms with Crippen molar-refractivity contribution < 1.29 is 4.79 Å². The number of hydrogen-bond donors (Lipinski definition) is 1. The van der Waals surface area contributed by atoms with E-state index in [9.17, 15) is 4.79 Å². The highest BCUT2D eigenvalue weighted by atomic mass is 16.2. The van der Waals surface area contributed by atoms with E-state index in [1.807, 2.05) is 44.2 Å². The predicted octanol–water partition coefficient (Wildman–Crippen LogP) is 3.08. The van der Waals surface area contributed by atoms with Crippen LogP contribution in [0.5, 0.6) is 0 Å². The summed E-state index contributed by atoms with van der Waals surface area (Å²) in [7, 11) is 0. The number of nitrogens with two attached hydrogens (primary N) is 1. The third-order valence-corrected chi connectivity index (χ3v) is 4.81. The van der Waals surface area contributed by atoms with Crippen molar-refractivity contribution in [3.05, 3.63) is 35.9 Å². The number of carbonyl (C=O) groups is 1. The van der Waals surface area contributed by atoms with Crippen LogP contribution in [0.2, 0.25) is 0 Å². The molecule has 1 saturated carbocycles. The molecule has 0 spiro atoms. The van der Waals surface area contributed by atoms with Crippen LogP contribution in [0.4, 0.5) is 0 Å². The fourth-order valence-corrected chi connectivity index (χ4v) is 3.32. The molecule has 2 N–H and O–H groups in total. The maximum atomic E-state index is 13.1. The summed E-state index contributed by atoms with van der Waals surface area (Å²) in [5, 5.41) is 0. The molecule has 3 heteroatoms. The van der Waals surface area contributed by atoms with Crippen LogP contribution < -0.4 is 5.73 Å². The molecule has 2 rings (SSSR count). The minimum Gasteiger partial charge on any atom is -0.339 e. The van der Waals surface area contributed by atoms with Gasteiger partial charge in [0.1, 0.15) is 0 Å². The highest BCUT2D eigenvalue weighted by molar-refractivity contribution is 5.87. The quantitative estimate of drug-likeness (QED) is 0.925. The van der Waals surface area contributed by atoms with E-state index in [0.29, 0.717) is 12.1 Å². The SMILES string of the molecule is CCN(C(=O)C(C)(C)c1ccccc1)C1CCC(N)CC1. The van der Waals surface area contributed by atoms with Gasteiger partial charge in [-0.25, -0.2) is 0 Å². The predicted molar refractivity (Wildman–Crippen MR) is 87.1 cm³/mol. The molecule has 21 heavy (non-hydrogen) atoms. The zero-order chi connectivity index (χ0) is 15.5. The van der Waals surface area contributed by atoms with Gasteiger partial charge in [0.05, 0.1) is 5.41 Å². The lowest BCUT2D eigenvalue weighted by molar-refractivity contribution is -0.139. The maximum absolute atomic E-state index is 13.1. The summed E-state index contributed by atoms with van der Waals surface area (Å²) in [5.74, 6) is 0.233. The van der Waals surface area contributed by atoms with Crippen LogP contribution in [-0.4, -0.2) is 29.4 Å². The van der Waals surface area contributed by atoms with Gasteiger partial charge in [-0.3, -0.25) is 4.79 Å². The van der Waals surface area contributed by atoms with Gasteiger partial charge in [-0.05, 0) is 52.0 Å². The molecule has 0 saturated heterocycles. The molecule has 1 amide bonds.